The van der Waals surface area contributed by atoms with Crippen LogP contribution < -0.4 is 5.43 Å². The highest BCUT2D eigenvalue weighted by Gasteiger charge is 2.70. The molecule has 49 heavy (non-hydrogen) atoms. The molecule has 9 nitrogen and oxygen atoms in total. The van der Waals surface area contributed by atoms with Crippen molar-refractivity contribution in [2.24, 2.45) is 23.7 Å². The number of phenols is 1. The molecule has 3 aromatic rings. The number of halogens is 5. The largest absolute Gasteiger partial charge is 0.508 e. The number of anilines is 1. The lowest BCUT2D eigenvalue weighted by molar-refractivity contribution is -0.141. The summed E-state index contributed by atoms with van der Waals surface area (Å²) >= 11 is 12.5. The summed E-state index contributed by atoms with van der Waals surface area (Å²) < 4.78 is 40.1. The molecule has 2 N–H and O–H groups in total. The van der Waals surface area contributed by atoms with Crippen molar-refractivity contribution in [3.63, 3.8) is 0 Å². The number of rotatable bonds is 5. The van der Waals surface area contributed by atoms with E-state index in [1.54, 1.807) is 50.2 Å². The van der Waals surface area contributed by atoms with Gasteiger partial charge in [0.15, 0.2) is 5.82 Å². The fourth-order valence-electron chi connectivity index (χ4n) is 8.39. The van der Waals surface area contributed by atoms with Gasteiger partial charge in [-0.3, -0.25) is 29.5 Å². The Kier molecular flexibility index (Phi) is 7.83. The van der Waals surface area contributed by atoms with Crippen LogP contribution in [0.15, 0.2) is 66.4 Å². The molecule has 2 aliphatic heterocycles. The minimum Gasteiger partial charge on any atom is -0.508 e. The van der Waals surface area contributed by atoms with Crippen molar-refractivity contribution in [2.45, 2.75) is 44.2 Å². The van der Waals surface area contributed by atoms with Crippen molar-refractivity contribution < 1.29 is 37.5 Å². The van der Waals surface area contributed by atoms with Gasteiger partial charge >= 0.3 is 6.18 Å². The minimum atomic E-state index is -4.73. The standard InChI is InChI=1S/C35H29Cl2F3N4O5/c1-3-43-30(46)22-10-9-21-23(27(22)32(43)48)14-24-31(47)44(42-29-25(37)13-19(15-41-29)35(38,39)40)33(49)34(24,18-5-7-20(36)8-6-18)28(21)17-4-11-26(45)16(2)12-17/h4-9,11-13,15,22-24,27-28,45H,3,10,14H2,1-2H3,(H,41,42). The fraction of sp³-hybridized carbons (Fsp3) is 0.343. The Balaban J connectivity index is 1.44. The SMILES string of the molecule is CCN1C(=O)C2CC=C3C(CC4C(=O)N(Nc5ncc(C(F)(F)F)cc5Cl)C(=O)C4(c4ccc(Cl)cc4)C3c3ccc(O)c(C)c3)C2C1=O. The number of carbonyl (C=O) groups excluding carboxylic acids is 4. The summed E-state index contributed by atoms with van der Waals surface area (Å²) in [5.74, 6) is -6.31. The smallest absolute Gasteiger partial charge is 0.417 e. The van der Waals surface area contributed by atoms with Crippen LogP contribution in [0.2, 0.25) is 10.0 Å². The van der Waals surface area contributed by atoms with E-state index in [1.807, 2.05) is 6.08 Å². The van der Waals surface area contributed by atoms with Crippen molar-refractivity contribution >= 4 is 52.6 Å². The van der Waals surface area contributed by atoms with Gasteiger partial charge in [-0.2, -0.15) is 18.2 Å². The lowest BCUT2D eigenvalue weighted by Crippen LogP contribution is -2.53. The number of phenolic OH excluding ortho intramolecular Hbond substituents is 1. The van der Waals surface area contributed by atoms with Gasteiger partial charge in [0.1, 0.15) is 5.75 Å². The van der Waals surface area contributed by atoms with Gasteiger partial charge < -0.3 is 5.11 Å². The lowest BCUT2D eigenvalue weighted by atomic mass is 9.49. The second-order valence-electron chi connectivity index (χ2n) is 12.9. The number of benzene rings is 2. The Morgan fingerprint density at radius 1 is 1.00 bits per heavy atom. The van der Waals surface area contributed by atoms with Crippen LogP contribution in [0.25, 0.3) is 0 Å². The van der Waals surface area contributed by atoms with E-state index in [-0.39, 0.29) is 42.8 Å². The number of hydrogen-bond acceptors (Lipinski definition) is 7. The Morgan fingerprint density at radius 2 is 1.71 bits per heavy atom. The van der Waals surface area contributed by atoms with Crippen LogP contribution in [-0.2, 0) is 30.8 Å². The van der Waals surface area contributed by atoms with Crippen LogP contribution in [0.1, 0.15) is 47.9 Å². The first kappa shape index (κ1) is 33.1. The molecule has 4 amide bonds. The van der Waals surface area contributed by atoms with Gasteiger partial charge in [0.2, 0.25) is 11.8 Å². The van der Waals surface area contributed by atoms with Crippen LogP contribution in [-0.4, -0.2) is 50.2 Å². The number of pyridine rings is 1. The van der Waals surface area contributed by atoms with E-state index in [1.165, 1.54) is 11.0 Å². The fourth-order valence-corrected chi connectivity index (χ4v) is 8.73. The van der Waals surface area contributed by atoms with Gasteiger partial charge in [-0.1, -0.05) is 59.1 Å². The summed E-state index contributed by atoms with van der Waals surface area (Å²) in [5, 5.41) is 11.1. The van der Waals surface area contributed by atoms with E-state index in [4.69, 9.17) is 23.2 Å². The number of aryl methyl sites for hydroxylation is 1. The van der Waals surface area contributed by atoms with E-state index in [0.717, 1.165) is 5.01 Å². The molecular formula is C35H29Cl2F3N4O5. The molecule has 3 fully saturated rings. The van der Waals surface area contributed by atoms with Crippen LogP contribution in [0.3, 0.4) is 0 Å². The third kappa shape index (κ3) is 4.85. The Labute approximate surface area is 288 Å². The number of carbonyl (C=O) groups is 4. The molecular weight excluding hydrogens is 684 g/mol. The number of amides is 4. The van der Waals surface area contributed by atoms with Crippen molar-refractivity contribution in [3.8, 4) is 5.75 Å². The van der Waals surface area contributed by atoms with E-state index in [0.29, 0.717) is 39.5 Å². The maximum atomic E-state index is 15.1. The van der Waals surface area contributed by atoms with Gasteiger partial charge in [0.25, 0.3) is 11.8 Å². The molecule has 2 saturated heterocycles. The molecule has 1 aromatic heterocycles. The molecule has 6 unspecified atom stereocenters. The topological polar surface area (TPSA) is 120 Å². The minimum absolute atomic E-state index is 0.0150. The number of hydrogen-bond donors (Lipinski definition) is 2. The number of nitrogens with one attached hydrogen (secondary N) is 1. The van der Waals surface area contributed by atoms with Crippen LogP contribution in [0.4, 0.5) is 19.0 Å². The molecule has 0 bridgehead atoms. The predicted octanol–water partition coefficient (Wildman–Crippen LogP) is 6.43. The van der Waals surface area contributed by atoms with Gasteiger partial charge in [-0.05, 0) is 73.6 Å². The van der Waals surface area contributed by atoms with E-state index < -0.39 is 63.6 Å². The zero-order valence-corrected chi connectivity index (χ0v) is 27.6. The van der Waals surface area contributed by atoms with Gasteiger partial charge in [-0.15, -0.1) is 0 Å². The maximum Gasteiger partial charge on any atom is 0.417 e. The zero-order valence-electron chi connectivity index (χ0n) is 26.1. The van der Waals surface area contributed by atoms with Gasteiger partial charge in [0, 0.05) is 23.7 Å². The van der Waals surface area contributed by atoms with Crippen LogP contribution >= 0.6 is 23.2 Å². The Hall–Kier alpha value is -4.42. The van der Waals surface area contributed by atoms with Gasteiger partial charge in [0.05, 0.1) is 33.8 Å². The highest BCUT2D eigenvalue weighted by molar-refractivity contribution is 6.33. The number of likely N-dealkylation sites (tertiary alicyclic amines) is 1. The summed E-state index contributed by atoms with van der Waals surface area (Å²) in [6, 6.07) is 12.0. The number of nitrogens with zero attached hydrogens (tertiary/aromatic N) is 3. The molecule has 4 aliphatic rings. The second-order valence-corrected chi connectivity index (χ2v) is 13.7. The first-order valence-corrected chi connectivity index (χ1v) is 16.4. The van der Waals surface area contributed by atoms with Crippen molar-refractivity contribution in [1.82, 2.24) is 14.9 Å². The Morgan fingerprint density at radius 3 is 2.35 bits per heavy atom. The molecule has 3 heterocycles. The first-order chi connectivity index (χ1) is 23.2. The van der Waals surface area contributed by atoms with Crippen LogP contribution in [0.5, 0.6) is 5.75 Å². The average Bonchev–Trinajstić information content (AvgIpc) is 3.43. The van der Waals surface area contributed by atoms with Crippen LogP contribution in [0, 0.1) is 30.6 Å². The number of allylic oxidation sites excluding steroid dienone is 2. The molecule has 1 saturated carbocycles. The summed E-state index contributed by atoms with van der Waals surface area (Å²) in [6.07, 6.45) is -2.01. The third-order valence-electron chi connectivity index (χ3n) is 10.5. The highest BCUT2D eigenvalue weighted by Crippen LogP contribution is 2.64. The molecule has 6 atom stereocenters. The summed E-state index contributed by atoms with van der Waals surface area (Å²) in [6.45, 7) is 3.61. The normalized spacial score (nSPS) is 28.0. The Bertz CT molecular complexity index is 1970. The molecule has 2 aromatic carbocycles. The molecule has 0 radical (unpaired) electrons. The number of hydrazine groups is 1. The zero-order chi connectivity index (χ0) is 35.2. The molecule has 7 rings (SSSR count). The monoisotopic (exact) mass is 712 g/mol. The molecule has 254 valence electrons. The number of imide groups is 2. The average molecular weight is 714 g/mol. The van der Waals surface area contributed by atoms with Crippen molar-refractivity contribution in [1.29, 1.82) is 0 Å². The number of fused-ring (bicyclic) bond motifs is 4. The number of alkyl halides is 3. The van der Waals surface area contributed by atoms with E-state index in [9.17, 15) is 32.7 Å². The van der Waals surface area contributed by atoms with Crippen molar-refractivity contribution in [2.75, 3.05) is 12.0 Å². The number of aromatic nitrogens is 1. The quantitative estimate of drug-likeness (QED) is 0.231. The summed E-state index contributed by atoms with van der Waals surface area (Å²) in [5.41, 5.74) is 2.10. The predicted molar refractivity (Wildman–Crippen MR) is 172 cm³/mol. The van der Waals surface area contributed by atoms with E-state index >= 15 is 4.79 Å². The molecule has 2 aliphatic carbocycles. The van der Waals surface area contributed by atoms with Crippen molar-refractivity contribution in [3.05, 3.63) is 98.7 Å². The first-order valence-electron chi connectivity index (χ1n) is 15.7. The summed E-state index contributed by atoms with van der Waals surface area (Å²) in [7, 11) is 0. The van der Waals surface area contributed by atoms with E-state index in [2.05, 4.69) is 10.4 Å². The lowest BCUT2D eigenvalue weighted by Gasteiger charge is -2.50. The third-order valence-corrected chi connectivity index (χ3v) is 11.1. The second kappa shape index (κ2) is 11.6. The summed E-state index contributed by atoms with van der Waals surface area (Å²) in [4.78, 5) is 61.9. The molecule has 14 heteroatoms. The number of aromatic hydroxyl groups is 1. The van der Waals surface area contributed by atoms with Gasteiger partial charge in [-0.25, -0.2) is 4.98 Å². The maximum absolute atomic E-state index is 15.1. The molecule has 0 spiro atoms. The highest BCUT2D eigenvalue weighted by atomic mass is 35.5.